The van der Waals surface area contributed by atoms with E-state index >= 15 is 0 Å². The second kappa shape index (κ2) is 16.4. The summed E-state index contributed by atoms with van der Waals surface area (Å²) in [5.41, 5.74) is 3.71. The first-order valence-electron chi connectivity index (χ1n) is 20.3. The van der Waals surface area contributed by atoms with Crippen molar-refractivity contribution in [1.29, 1.82) is 0 Å². The first-order chi connectivity index (χ1) is 28.9. The third-order valence-corrected chi connectivity index (χ3v) is 11.8. The van der Waals surface area contributed by atoms with Gasteiger partial charge < -0.3 is 20.8 Å². The molecule has 0 aliphatic carbocycles. The van der Waals surface area contributed by atoms with Crippen LogP contribution in [0.4, 0.5) is 0 Å². The molecule has 0 spiro atoms. The highest BCUT2D eigenvalue weighted by Crippen LogP contribution is 2.44. The molecular weight excluding hydrogens is 741 g/mol. The molecule has 6 nitrogen and oxygen atoms in total. The number of fused-ring (bicyclic) bond motifs is 2. The van der Waals surface area contributed by atoms with E-state index in [4.69, 9.17) is 0 Å². The fourth-order valence-electron chi connectivity index (χ4n) is 8.26. The average molecular weight is 789 g/mol. The van der Waals surface area contributed by atoms with Crippen molar-refractivity contribution >= 4 is 33.4 Å². The molecule has 0 aromatic heterocycles. The van der Waals surface area contributed by atoms with Gasteiger partial charge in [0, 0.05) is 0 Å². The number of hydrogen-bond acceptors (Lipinski definition) is 4. The van der Waals surface area contributed by atoms with Crippen molar-refractivity contribution < 1.29 is 19.8 Å². The van der Waals surface area contributed by atoms with Gasteiger partial charge in [0.1, 0.15) is 11.2 Å². The van der Waals surface area contributed by atoms with Gasteiger partial charge in [-0.25, -0.2) is 0 Å². The predicted octanol–water partition coefficient (Wildman–Crippen LogP) is 10.1. The van der Waals surface area contributed by atoms with Crippen molar-refractivity contribution in [1.82, 2.24) is 10.6 Å². The number of benzene rings is 8. The van der Waals surface area contributed by atoms with Crippen LogP contribution in [0.2, 0.25) is 0 Å². The van der Waals surface area contributed by atoms with E-state index < -0.39 is 35.1 Å². The first-order valence-corrected chi connectivity index (χ1v) is 20.3. The number of carbonyl (C=O) groups is 2. The summed E-state index contributed by atoms with van der Waals surface area (Å²) in [7, 11) is 0. The molecule has 2 amide bonds. The lowest BCUT2D eigenvalue weighted by atomic mass is 9.76. The second-order valence-electron chi connectivity index (χ2n) is 16.0. The van der Waals surface area contributed by atoms with Gasteiger partial charge in [0.05, 0.1) is 12.1 Å². The molecule has 8 aromatic rings. The molecule has 6 heteroatoms. The number of carbonyl (C=O) groups excluding carboxylic acids is 2. The predicted molar refractivity (Wildman–Crippen MR) is 240 cm³/mol. The van der Waals surface area contributed by atoms with Crippen LogP contribution in [0.5, 0.6) is 0 Å². The number of hydrogen-bond donors (Lipinski definition) is 4. The zero-order chi connectivity index (χ0) is 42.0. The van der Waals surface area contributed by atoms with Crippen LogP contribution >= 0.6 is 0 Å². The summed E-state index contributed by atoms with van der Waals surface area (Å²) in [6.07, 6.45) is 0. The van der Waals surface area contributed by atoms with Gasteiger partial charge in [0.15, 0.2) is 0 Å². The molecule has 0 aliphatic rings. The van der Waals surface area contributed by atoms with E-state index in [-0.39, 0.29) is 0 Å². The minimum atomic E-state index is -1.83. The highest BCUT2D eigenvalue weighted by molar-refractivity contribution is 6.35. The zero-order valence-electron chi connectivity index (χ0n) is 34.2. The van der Waals surface area contributed by atoms with Gasteiger partial charge in [-0.2, -0.15) is 0 Å². The van der Waals surface area contributed by atoms with Crippen LogP contribution in [-0.4, -0.2) is 22.0 Å². The zero-order valence-corrected chi connectivity index (χ0v) is 34.2. The average Bonchev–Trinajstić information content (AvgIpc) is 3.27. The Kier molecular flexibility index (Phi) is 10.9. The Morgan fingerprint density at radius 3 is 0.933 bits per heavy atom. The van der Waals surface area contributed by atoms with Crippen molar-refractivity contribution in [3.8, 4) is 0 Å². The van der Waals surface area contributed by atoms with Crippen LogP contribution in [0.1, 0.15) is 67.7 Å². The molecule has 298 valence electrons. The van der Waals surface area contributed by atoms with Crippen LogP contribution < -0.4 is 10.6 Å². The van der Waals surface area contributed by atoms with Gasteiger partial charge in [-0.15, -0.1) is 0 Å². The molecule has 0 aliphatic heterocycles. The molecule has 0 fully saturated rings. The third-order valence-electron chi connectivity index (χ3n) is 11.8. The summed E-state index contributed by atoms with van der Waals surface area (Å²) in [4.78, 5) is 29.5. The molecule has 0 radical (unpaired) electrons. The molecule has 8 rings (SSSR count). The van der Waals surface area contributed by atoms with Gasteiger partial charge in [-0.05, 0) is 94.8 Å². The van der Waals surface area contributed by atoms with Crippen molar-refractivity contribution in [3.05, 3.63) is 238 Å². The molecule has 8 aromatic carbocycles. The largest absolute Gasteiger partial charge is 0.378 e. The molecule has 0 bridgehead atoms. The van der Waals surface area contributed by atoms with Gasteiger partial charge in [-0.3, -0.25) is 9.59 Å². The lowest BCUT2D eigenvalue weighted by Gasteiger charge is -2.39. The molecule has 2 atom stereocenters. The number of nitrogens with one attached hydrogen (secondary N) is 2. The summed E-state index contributed by atoms with van der Waals surface area (Å²) in [6.45, 7) is 7.90. The Morgan fingerprint density at radius 1 is 0.383 bits per heavy atom. The maximum atomic E-state index is 14.8. The Bertz CT molecular complexity index is 2520. The Balaban J connectivity index is 1.26. The molecule has 4 N–H and O–H groups in total. The van der Waals surface area contributed by atoms with Gasteiger partial charge in [0.2, 0.25) is 0 Å². The number of aliphatic hydroxyl groups is 2. The Hall–Kier alpha value is -6.86. The quantitative estimate of drug-likeness (QED) is 0.104. The minimum Gasteiger partial charge on any atom is -0.378 e. The molecular formula is C54H48N2O4. The maximum absolute atomic E-state index is 14.8. The van der Waals surface area contributed by atoms with E-state index in [1.807, 2.05) is 210 Å². The van der Waals surface area contributed by atoms with Crippen molar-refractivity contribution in [2.24, 2.45) is 0 Å². The molecule has 60 heavy (non-hydrogen) atoms. The fraction of sp³-hybridized carbons (Fsp3) is 0.148. The topological polar surface area (TPSA) is 98.7 Å². The summed E-state index contributed by atoms with van der Waals surface area (Å²) < 4.78 is 0. The van der Waals surface area contributed by atoms with Gasteiger partial charge >= 0.3 is 11.8 Å². The van der Waals surface area contributed by atoms with Crippen LogP contribution in [-0.2, 0) is 20.8 Å². The van der Waals surface area contributed by atoms with E-state index in [2.05, 4.69) is 10.6 Å². The number of aryl methyl sites for hydroxylation is 4. The summed E-state index contributed by atoms with van der Waals surface area (Å²) >= 11 is 0. The summed E-state index contributed by atoms with van der Waals surface area (Å²) in [5, 5.41) is 36.4. The number of amides is 2. The maximum Gasteiger partial charge on any atom is 0.309 e. The van der Waals surface area contributed by atoms with E-state index in [0.29, 0.717) is 33.4 Å². The van der Waals surface area contributed by atoms with Gasteiger partial charge in [0.25, 0.3) is 0 Å². The summed E-state index contributed by atoms with van der Waals surface area (Å²) in [6, 6.07) is 55.2. The van der Waals surface area contributed by atoms with Crippen molar-refractivity contribution in [2.45, 2.75) is 51.0 Å². The van der Waals surface area contributed by atoms with Crippen LogP contribution in [0.3, 0.4) is 0 Å². The molecule has 0 saturated heterocycles. The van der Waals surface area contributed by atoms with Gasteiger partial charge in [-0.1, -0.05) is 192 Å². The number of rotatable bonds is 10. The lowest BCUT2D eigenvalue weighted by molar-refractivity contribution is -0.142. The normalized spacial score (nSPS) is 12.8. The second-order valence-corrected chi connectivity index (χ2v) is 16.0. The minimum absolute atomic E-state index is 0.540. The van der Waals surface area contributed by atoms with Crippen LogP contribution in [0, 0.1) is 27.7 Å². The van der Waals surface area contributed by atoms with E-state index in [0.717, 1.165) is 43.8 Å². The lowest BCUT2D eigenvalue weighted by Crippen LogP contribution is -2.52. The van der Waals surface area contributed by atoms with Crippen LogP contribution in [0.15, 0.2) is 182 Å². The Morgan fingerprint density at radius 2 is 0.650 bits per heavy atom. The third kappa shape index (κ3) is 7.71. The monoisotopic (exact) mass is 788 g/mol. The van der Waals surface area contributed by atoms with Crippen LogP contribution in [0.25, 0.3) is 21.5 Å². The standard InChI is InChI=1S/C54H48N2O4/c1-35-13-25-45(26-14-35)53(59,46-27-15-36(2)16-28-46)49(43-23-21-39-9-5-7-11-41(39)33-43)55-51(57)52(58)56-50(44-24-22-40-10-6-8-12-42(40)34-44)54(60,47-29-17-37(3)18-30-47)48-31-19-38(4)20-32-48/h5-34,49-50,59-60H,1-4H3,(H,55,57)(H,56,58)/t49-,50-/m1/s1. The van der Waals surface area contributed by atoms with Crippen molar-refractivity contribution in [3.63, 3.8) is 0 Å². The molecule has 0 unspecified atom stereocenters. The molecule has 0 heterocycles. The van der Waals surface area contributed by atoms with E-state index in [1.54, 1.807) is 0 Å². The molecule has 0 saturated carbocycles. The van der Waals surface area contributed by atoms with Crippen molar-refractivity contribution in [2.75, 3.05) is 0 Å². The van der Waals surface area contributed by atoms with E-state index in [9.17, 15) is 19.8 Å². The van der Waals surface area contributed by atoms with E-state index in [1.165, 1.54) is 0 Å². The summed E-state index contributed by atoms with van der Waals surface area (Å²) in [5.74, 6) is -1.96. The smallest absolute Gasteiger partial charge is 0.309 e. The highest BCUT2D eigenvalue weighted by Gasteiger charge is 2.46. The first kappa shape index (κ1) is 39.9. The SMILES string of the molecule is Cc1ccc(C(O)(c2ccc(C)cc2)[C@H](NC(=O)C(=O)N[C@H](c2ccc3ccccc3c2)C(O)(c2ccc(C)cc2)c2ccc(C)cc2)c2ccc3ccccc3c2)cc1. The fourth-order valence-corrected chi connectivity index (χ4v) is 8.26. The highest BCUT2D eigenvalue weighted by atomic mass is 16.3. The Labute approximate surface area is 351 Å².